The van der Waals surface area contributed by atoms with Gasteiger partial charge in [-0.1, -0.05) is 38.0 Å². The first-order chi connectivity index (χ1) is 11.4. The van der Waals surface area contributed by atoms with Crippen molar-refractivity contribution in [3.8, 4) is 0 Å². The van der Waals surface area contributed by atoms with Crippen LogP contribution in [0.2, 0.25) is 0 Å². The minimum absolute atomic E-state index is 0.116. The summed E-state index contributed by atoms with van der Waals surface area (Å²) in [5, 5.41) is 12.2. The van der Waals surface area contributed by atoms with Crippen molar-refractivity contribution in [1.82, 2.24) is 5.32 Å². The number of carboxylic acid groups (broad SMARTS) is 1. The second-order valence-electron chi connectivity index (χ2n) is 6.56. The lowest BCUT2D eigenvalue weighted by Gasteiger charge is -2.23. The van der Waals surface area contributed by atoms with Gasteiger partial charge < -0.3 is 15.2 Å². The molecule has 0 aliphatic heterocycles. The zero-order valence-corrected chi connectivity index (χ0v) is 14.7. The highest BCUT2D eigenvalue weighted by Gasteiger charge is 2.29. The molecule has 2 atom stereocenters. The van der Waals surface area contributed by atoms with Crippen LogP contribution in [0.4, 0.5) is 0 Å². The Morgan fingerprint density at radius 3 is 2.46 bits per heavy atom. The van der Waals surface area contributed by atoms with Crippen molar-refractivity contribution in [2.75, 3.05) is 0 Å². The number of carbonyl (C=O) groups excluding carboxylic acids is 1. The summed E-state index contributed by atoms with van der Waals surface area (Å²) in [6.07, 6.45) is 4.26. The molecule has 1 aliphatic rings. The fourth-order valence-electron chi connectivity index (χ4n) is 3.07. The van der Waals surface area contributed by atoms with Gasteiger partial charge >= 0.3 is 5.97 Å². The van der Waals surface area contributed by atoms with Crippen LogP contribution in [0.15, 0.2) is 18.2 Å². The highest BCUT2D eigenvalue weighted by molar-refractivity contribution is 5.87. The van der Waals surface area contributed by atoms with Gasteiger partial charge in [-0.25, -0.2) is 4.79 Å². The number of hydrogen-bond donors (Lipinski definition) is 2. The Morgan fingerprint density at radius 1 is 1.25 bits per heavy atom. The molecule has 0 spiro atoms. The quantitative estimate of drug-likeness (QED) is 0.803. The average molecular weight is 333 g/mol. The average Bonchev–Trinajstić information content (AvgIpc) is 3.05. The minimum atomic E-state index is -1.07. The molecule has 1 amide bonds. The van der Waals surface area contributed by atoms with Gasteiger partial charge in [0, 0.05) is 0 Å². The first-order valence-corrected chi connectivity index (χ1v) is 8.68. The Bertz CT molecular complexity index is 593. The number of carboxylic acids is 1. The maximum atomic E-state index is 12.5. The van der Waals surface area contributed by atoms with E-state index in [0.29, 0.717) is 12.0 Å². The number of aryl methyl sites for hydroxylation is 2. The molecule has 2 N–H and O–H groups in total. The first kappa shape index (κ1) is 18.5. The molecule has 0 aromatic heterocycles. The molecule has 0 bridgehead atoms. The van der Waals surface area contributed by atoms with E-state index in [9.17, 15) is 14.7 Å². The number of hydrogen-bond acceptors (Lipinski definition) is 3. The summed E-state index contributed by atoms with van der Waals surface area (Å²) >= 11 is 0. The molecule has 0 saturated heterocycles. The van der Waals surface area contributed by atoms with Crippen LogP contribution in [-0.2, 0) is 14.3 Å². The second-order valence-corrected chi connectivity index (χ2v) is 6.56. The maximum absolute atomic E-state index is 12.5. The van der Waals surface area contributed by atoms with Crippen LogP contribution < -0.4 is 5.32 Å². The van der Waals surface area contributed by atoms with E-state index in [4.69, 9.17) is 4.74 Å². The summed E-state index contributed by atoms with van der Waals surface area (Å²) in [5.41, 5.74) is 2.67. The van der Waals surface area contributed by atoms with Crippen LogP contribution in [0, 0.1) is 13.8 Å². The molecular formula is C19H27NO4. The van der Waals surface area contributed by atoms with Crippen LogP contribution in [0.1, 0.15) is 61.8 Å². The van der Waals surface area contributed by atoms with Gasteiger partial charge in [0.15, 0.2) is 6.04 Å². The van der Waals surface area contributed by atoms with Crippen LogP contribution in [0.5, 0.6) is 0 Å². The largest absolute Gasteiger partial charge is 0.479 e. The molecular weight excluding hydrogens is 306 g/mol. The standard InChI is InChI=1S/C19H27NO4/c1-4-16(24-15-7-5-6-8-15)18(21)20-17(19(22)23)14-10-9-12(2)13(3)11-14/h9-11,15-17H,4-8H2,1-3H3,(H,20,21)(H,22,23). The summed E-state index contributed by atoms with van der Waals surface area (Å²) in [4.78, 5) is 24.1. The lowest BCUT2D eigenvalue weighted by atomic mass is 10.0. The van der Waals surface area contributed by atoms with Crippen molar-refractivity contribution >= 4 is 11.9 Å². The molecule has 132 valence electrons. The highest BCUT2D eigenvalue weighted by atomic mass is 16.5. The summed E-state index contributed by atoms with van der Waals surface area (Å²) < 4.78 is 5.88. The predicted molar refractivity (Wildman–Crippen MR) is 91.9 cm³/mol. The van der Waals surface area contributed by atoms with Crippen LogP contribution in [0.3, 0.4) is 0 Å². The minimum Gasteiger partial charge on any atom is -0.479 e. The van der Waals surface area contributed by atoms with Gasteiger partial charge in [0.25, 0.3) is 0 Å². The molecule has 1 aliphatic carbocycles. The number of nitrogens with one attached hydrogen (secondary N) is 1. The van der Waals surface area contributed by atoms with E-state index < -0.39 is 18.1 Å². The SMILES string of the molecule is CCC(OC1CCCC1)C(=O)NC(C(=O)O)c1ccc(C)c(C)c1. The number of benzene rings is 1. The van der Waals surface area contributed by atoms with Crippen molar-refractivity contribution in [1.29, 1.82) is 0 Å². The summed E-state index contributed by atoms with van der Waals surface area (Å²) in [6, 6.07) is 4.38. The van der Waals surface area contributed by atoms with Crippen molar-refractivity contribution in [3.05, 3.63) is 34.9 Å². The Morgan fingerprint density at radius 2 is 1.92 bits per heavy atom. The van der Waals surface area contributed by atoms with Crippen LogP contribution in [-0.4, -0.2) is 29.2 Å². The molecule has 2 unspecified atom stereocenters. The van der Waals surface area contributed by atoms with E-state index in [1.165, 1.54) is 0 Å². The lowest BCUT2D eigenvalue weighted by Crippen LogP contribution is -2.42. The Hall–Kier alpha value is -1.88. The highest BCUT2D eigenvalue weighted by Crippen LogP contribution is 2.24. The topological polar surface area (TPSA) is 75.6 Å². The molecule has 1 saturated carbocycles. The first-order valence-electron chi connectivity index (χ1n) is 8.68. The van der Waals surface area contributed by atoms with E-state index in [1.54, 1.807) is 6.07 Å². The lowest BCUT2D eigenvalue weighted by molar-refractivity contribution is -0.146. The van der Waals surface area contributed by atoms with Crippen molar-refractivity contribution in [3.63, 3.8) is 0 Å². The Balaban J connectivity index is 2.08. The van der Waals surface area contributed by atoms with E-state index in [2.05, 4.69) is 5.32 Å². The number of ether oxygens (including phenoxy) is 1. The third kappa shape index (κ3) is 4.57. The molecule has 24 heavy (non-hydrogen) atoms. The fraction of sp³-hybridized carbons (Fsp3) is 0.579. The molecule has 2 rings (SSSR count). The smallest absolute Gasteiger partial charge is 0.330 e. The summed E-state index contributed by atoms with van der Waals surface area (Å²) in [5.74, 6) is -1.42. The predicted octanol–water partition coefficient (Wildman–Crippen LogP) is 3.28. The van der Waals surface area contributed by atoms with Crippen molar-refractivity contribution in [2.45, 2.75) is 71.1 Å². The van der Waals surface area contributed by atoms with E-state index in [0.717, 1.165) is 36.8 Å². The van der Waals surface area contributed by atoms with Crippen molar-refractivity contribution in [2.24, 2.45) is 0 Å². The number of carbonyl (C=O) groups is 2. The van der Waals surface area contributed by atoms with E-state index in [-0.39, 0.29) is 12.0 Å². The molecule has 0 heterocycles. The number of aliphatic carboxylic acids is 1. The summed E-state index contributed by atoms with van der Waals surface area (Å²) in [6.45, 7) is 5.78. The van der Waals surface area contributed by atoms with Gasteiger partial charge in [-0.15, -0.1) is 0 Å². The maximum Gasteiger partial charge on any atom is 0.330 e. The molecule has 1 aromatic rings. The van der Waals surface area contributed by atoms with Gasteiger partial charge in [-0.05, 0) is 49.8 Å². The molecule has 1 aromatic carbocycles. The van der Waals surface area contributed by atoms with Crippen molar-refractivity contribution < 1.29 is 19.4 Å². The van der Waals surface area contributed by atoms with Gasteiger partial charge in [0.2, 0.25) is 5.91 Å². The normalized spacial score (nSPS) is 17.5. The van der Waals surface area contributed by atoms with Crippen LogP contribution in [0.25, 0.3) is 0 Å². The third-order valence-corrected chi connectivity index (χ3v) is 4.72. The molecule has 5 heteroatoms. The van der Waals surface area contributed by atoms with E-state index >= 15 is 0 Å². The van der Waals surface area contributed by atoms with Gasteiger partial charge in [0.05, 0.1) is 6.10 Å². The van der Waals surface area contributed by atoms with Gasteiger partial charge in [-0.3, -0.25) is 4.79 Å². The Kier molecular flexibility index (Phi) is 6.37. The monoisotopic (exact) mass is 333 g/mol. The second kappa shape index (κ2) is 8.29. The van der Waals surface area contributed by atoms with Crippen LogP contribution >= 0.6 is 0 Å². The molecule has 1 fully saturated rings. The Labute approximate surface area is 143 Å². The molecule has 5 nitrogen and oxygen atoms in total. The van der Waals surface area contributed by atoms with Gasteiger partial charge in [-0.2, -0.15) is 0 Å². The fourth-order valence-corrected chi connectivity index (χ4v) is 3.07. The third-order valence-electron chi connectivity index (χ3n) is 4.72. The zero-order valence-electron chi connectivity index (χ0n) is 14.7. The molecule has 0 radical (unpaired) electrons. The summed E-state index contributed by atoms with van der Waals surface area (Å²) in [7, 11) is 0. The number of amides is 1. The zero-order chi connectivity index (χ0) is 17.7. The van der Waals surface area contributed by atoms with E-state index in [1.807, 2.05) is 32.9 Å². The van der Waals surface area contributed by atoms with Gasteiger partial charge in [0.1, 0.15) is 6.10 Å². The number of rotatable bonds is 7.